The van der Waals surface area contributed by atoms with Gasteiger partial charge in [0.1, 0.15) is 11.5 Å². The van der Waals surface area contributed by atoms with Crippen LogP contribution in [0.2, 0.25) is 0 Å². The number of aliphatic hydroxyl groups excluding tert-OH is 1. The van der Waals surface area contributed by atoms with Gasteiger partial charge in [-0.05, 0) is 47.2 Å². The molecule has 1 amide bonds. The molecule has 1 aromatic heterocycles. The number of nitrogens with zero attached hydrogens (tertiary/aromatic N) is 2. The minimum atomic E-state index is -0.726. The number of aromatic nitrogens is 1. The molecule has 1 aliphatic heterocycles. The number of ether oxygens (including phenoxy) is 1. The Morgan fingerprint density at radius 2 is 1.86 bits per heavy atom. The van der Waals surface area contributed by atoms with Crippen molar-refractivity contribution in [2.75, 3.05) is 6.61 Å². The second-order valence-corrected chi connectivity index (χ2v) is 9.34. The molecule has 1 N–H and O–H groups in total. The van der Waals surface area contributed by atoms with E-state index in [1.165, 1.54) is 4.90 Å². The number of hydrogen-bond acceptors (Lipinski definition) is 5. The predicted octanol–water partition coefficient (Wildman–Crippen LogP) is 6.01. The second kappa shape index (κ2) is 11.2. The summed E-state index contributed by atoms with van der Waals surface area (Å²) in [7, 11) is 0. The molecule has 1 aliphatic rings. The van der Waals surface area contributed by atoms with Gasteiger partial charge in [0.2, 0.25) is 0 Å². The minimum absolute atomic E-state index is 0.0758. The highest BCUT2D eigenvalue weighted by molar-refractivity contribution is 6.46. The second-order valence-electron chi connectivity index (χ2n) is 9.34. The zero-order chi connectivity index (χ0) is 25.7. The zero-order valence-corrected chi connectivity index (χ0v) is 21.0. The molecule has 6 heteroatoms. The lowest BCUT2D eigenvalue weighted by atomic mass is 9.93. The van der Waals surface area contributed by atoms with Crippen molar-refractivity contribution in [2.45, 2.75) is 52.1 Å². The molecule has 0 bridgehead atoms. The van der Waals surface area contributed by atoms with Gasteiger partial charge in [-0.1, -0.05) is 69.7 Å². The lowest BCUT2D eigenvalue weighted by molar-refractivity contribution is -0.140. The van der Waals surface area contributed by atoms with Crippen LogP contribution in [0.15, 0.2) is 78.6 Å². The number of pyridine rings is 1. The Kier molecular flexibility index (Phi) is 7.84. The SMILES string of the molecule is CCCCOc1cccc(/C(O)=C2\C(=O)C(=O)N(Cc3cccnc3)C2c2ccc(C(C)C)cc2)c1. The zero-order valence-electron chi connectivity index (χ0n) is 21.0. The van der Waals surface area contributed by atoms with E-state index in [0.29, 0.717) is 23.8 Å². The van der Waals surface area contributed by atoms with E-state index in [2.05, 4.69) is 25.8 Å². The Morgan fingerprint density at radius 1 is 1.08 bits per heavy atom. The van der Waals surface area contributed by atoms with E-state index in [0.717, 1.165) is 29.5 Å². The van der Waals surface area contributed by atoms with Crippen LogP contribution in [0.25, 0.3) is 5.76 Å². The Bertz CT molecular complexity index is 1250. The smallest absolute Gasteiger partial charge is 0.295 e. The molecule has 2 heterocycles. The molecule has 4 rings (SSSR count). The van der Waals surface area contributed by atoms with Crippen LogP contribution in [0, 0.1) is 0 Å². The highest BCUT2D eigenvalue weighted by atomic mass is 16.5. The summed E-state index contributed by atoms with van der Waals surface area (Å²) in [5, 5.41) is 11.4. The van der Waals surface area contributed by atoms with Crippen LogP contribution in [0.3, 0.4) is 0 Å². The standard InChI is InChI=1S/C30H32N2O4/c1-4-5-16-36-25-10-6-9-24(17-25)28(33)26-27(23-13-11-22(12-14-23)20(2)3)32(30(35)29(26)34)19-21-8-7-15-31-18-21/h6-15,17-18,20,27,33H,4-5,16,19H2,1-3H3/b28-26+. The van der Waals surface area contributed by atoms with Crippen LogP contribution in [-0.4, -0.2) is 33.3 Å². The van der Waals surface area contributed by atoms with Gasteiger partial charge in [0.05, 0.1) is 18.2 Å². The van der Waals surface area contributed by atoms with E-state index in [-0.39, 0.29) is 17.9 Å². The summed E-state index contributed by atoms with van der Waals surface area (Å²) in [4.78, 5) is 32.2. The number of carbonyl (C=O) groups excluding carboxylic acids is 2. The number of ketones is 1. The van der Waals surface area contributed by atoms with Crippen molar-refractivity contribution in [3.63, 3.8) is 0 Å². The topological polar surface area (TPSA) is 79.7 Å². The van der Waals surface area contributed by atoms with Crippen molar-refractivity contribution in [1.82, 2.24) is 9.88 Å². The van der Waals surface area contributed by atoms with Crippen molar-refractivity contribution in [3.05, 3.63) is 101 Å². The van der Waals surface area contributed by atoms with Gasteiger partial charge in [-0.2, -0.15) is 0 Å². The lowest BCUT2D eigenvalue weighted by Gasteiger charge is -2.25. The van der Waals surface area contributed by atoms with E-state index in [4.69, 9.17) is 4.74 Å². The summed E-state index contributed by atoms with van der Waals surface area (Å²) in [6.07, 6.45) is 5.27. The first-order valence-electron chi connectivity index (χ1n) is 12.4. The van der Waals surface area contributed by atoms with Crippen molar-refractivity contribution in [3.8, 4) is 5.75 Å². The monoisotopic (exact) mass is 484 g/mol. The number of likely N-dealkylation sites (tertiary alicyclic amines) is 1. The number of hydrogen-bond donors (Lipinski definition) is 1. The number of amides is 1. The lowest BCUT2D eigenvalue weighted by Crippen LogP contribution is -2.29. The summed E-state index contributed by atoms with van der Waals surface area (Å²) >= 11 is 0. The van der Waals surface area contributed by atoms with E-state index < -0.39 is 17.7 Å². The first-order valence-corrected chi connectivity index (χ1v) is 12.4. The highest BCUT2D eigenvalue weighted by Gasteiger charge is 2.46. The fourth-order valence-electron chi connectivity index (χ4n) is 4.36. The molecular formula is C30H32N2O4. The van der Waals surface area contributed by atoms with Crippen LogP contribution < -0.4 is 4.74 Å². The van der Waals surface area contributed by atoms with Gasteiger partial charge in [0.15, 0.2) is 0 Å². The van der Waals surface area contributed by atoms with E-state index in [9.17, 15) is 14.7 Å². The van der Waals surface area contributed by atoms with Gasteiger partial charge in [0, 0.05) is 24.5 Å². The van der Waals surface area contributed by atoms with Crippen LogP contribution >= 0.6 is 0 Å². The molecular weight excluding hydrogens is 452 g/mol. The number of aliphatic hydroxyl groups is 1. The maximum absolute atomic E-state index is 13.3. The molecule has 36 heavy (non-hydrogen) atoms. The Balaban J connectivity index is 1.79. The molecule has 0 aliphatic carbocycles. The van der Waals surface area contributed by atoms with Crippen LogP contribution in [0.5, 0.6) is 5.75 Å². The van der Waals surface area contributed by atoms with Gasteiger partial charge in [-0.25, -0.2) is 0 Å². The molecule has 3 aromatic rings. The van der Waals surface area contributed by atoms with Crippen LogP contribution in [0.4, 0.5) is 0 Å². The third-order valence-corrected chi connectivity index (χ3v) is 6.41. The molecule has 2 aromatic carbocycles. The maximum atomic E-state index is 13.3. The predicted molar refractivity (Wildman–Crippen MR) is 139 cm³/mol. The summed E-state index contributed by atoms with van der Waals surface area (Å²) in [6, 6.07) is 17.8. The summed E-state index contributed by atoms with van der Waals surface area (Å²) in [5.41, 5.74) is 3.23. The molecule has 1 saturated heterocycles. The minimum Gasteiger partial charge on any atom is -0.507 e. The molecule has 1 atom stereocenters. The highest BCUT2D eigenvalue weighted by Crippen LogP contribution is 2.40. The third-order valence-electron chi connectivity index (χ3n) is 6.41. The first kappa shape index (κ1) is 25.2. The van der Waals surface area contributed by atoms with E-state index in [1.807, 2.05) is 36.4 Å². The molecule has 1 fully saturated rings. The number of benzene rings is 2. The van der Waals surface area contributed by atoms with Gasteiger partial charge >= 0.3 is 0 Å². The molecule has 0 radical (unpaired) electrons. The van der Waals surface area contributed by atoms with Crippen molar-refractivity contribution >= 4 is 17.4 Å². The fraction of sp³-hybridized carbons (Fsp3) is 0.300. The van der Waals surface area contributed by atoms with Gasteiger partial charge in [-0.3, -0.25) is 14.6 Å². The van der Waals surface area contributed by atoms with Crippen LogP contribution in [0.1, 0.15) is 67.8 Å². The normalized spacial score (nSPS) is 17.1. The molecule has 1 unspecified atom stereocenters. The maximum Gasteiger partial charge on any atom is 0.295 e. The van der Waals surface area contributed by atoms with Crippen molar-refractivity contribution < 1.29 is 19.4 Å². The number of Topliss-reactive ketones (excluding diaryl/α,β-unsaturated/α-hetero) is 1. The number of carbonyl (C=O) groups is 2. The quantitative estimate of drug-likeness (QED) is 0.174. The molecule has 186 valence electrons. The van der Waals surface area contributed by atoms with Gasteiger partial charge in [0.25, 0.3) is 11.7 Å². The van der Waals surface area contributed by atoms with Crippen molar-refractivity contribution in [2.24, 2.45) is 0 Å². The Hall–Kier alpha value is -3.93. The summed E-state index contributed by atoms with van der Waals surface area (Å²) < 4.78 is 5.79. The Morgan fingerprint density at radius 3 is 2.53 bits per heavy atom. The molecule has 0 saturated carbocycles. The first-order chi connectivity index (χ1) is 17.4. The van der Waals surface area contributed by atoms with Gasteiger partial charge in [-0.15, -0.1) is 0 Å². The fourth-order valence-corrected chi connectivity index (χ4v) is 4.36. The number of rotatable bonds is 9. The molecule has 0 spiro atoms. The third kappa shape index (κ3) is 5.33. The largest absolute Gasteiger partial charge is 0.507 e. The van der Waals surface area contributed by atoms with Crippen LogP contribution in [-0.2, 0) is 16.1 Å². The Labute approximate surface area is 212 Å². The molecule has 6 nitrogen and oxygen atoms in total. The van der Waals surface area contributed by atoms with Crippen molar-refractivity contribution in [1.29, 1.82) is 0 Å². The van der Waals surface area contributed by atoms with Gasteiger partial charge < -0.3 is 14.7 Å². The summed E-state index contributed by atoms with van der Waals surface area (Å²) in [6.45, 7) is 7.08. The average molecular weight is 485 g/mol. The number of unbranched alkanes of at least 4 members (excludes halogenated alkanes) is 1. The van der Waals surface area contributed by atoms with E-state index in [1.54, 1.807) is 36.7 Å². The average Bonchev–Trinajstić information content (AvgIpc) is 3.14. The van der Waals surface area contributed by atoms with E-state index >= 15 is 0 Å². The summed E-state index contributed by atoms with van der Waals surface area (Å²) in [5.74, 6) is -0.604.